The average molecular weight is 392 g/mol. The zero-order chi connectivity index (χ0) is 19.5. The van der Waals surface area contributed by atoms with Gasteiger partial charge in [-0.2, -0.15) is 5.10 Å². The summed E-state index contributed by atoms with van der Waals surface area (Å²) in [5.41, 5.74) is 2.38. The number of hydrazone groups is 1. The van der Waals surface area contributed by atoms with E-state index in [0.29, 0.717) is 17.7 Å². The van der Waals surface area contributed by atoms with Gasteiger partial charge in [-0.25, -0.2) is 5.01 Å². The molecule has 0 saturated heterocycles. The Bertz CT molecular complexity index is 1010. The fraction of sp³-hybridized carbons (Fsp3) is 0.182. The van der Waals surface area contributed by atoms with E-state index in [9.17, 15) is 4.79 Å². The summed E-state index contributed by atoms with van der Waals surface area (Å²) in [4.78, 5) is 14.4. The summed E-state index contributed by atoms with van der Waals surface area (Å²) in [5.74, 6) is 1.22. The van der Waals surface area contributed by atoms with Gasteiger partial charge in [-0.1, -0.05) is 30.3 Å². The predicted octanol–water partition coefficient (Wildman–Crippen LogP) is 4.76. The number of nitrogens with zero attached hydrogens (tertiary/aromatic N) is 2. The summed E-state index contributed by atoms with van der Waals surface area (Å²) < 4.78 is 10.8. The van der Waals surface area contributed by atoms with Crippen LogP contribution < -0.4 is 9.47 Å². The molecule has 3 aromatic rings. The Balaban J connectivity index is 1.75. The van der Waals surface area contributed by atoms with Gasteiger partial charge in [-0.05, 0) is 35.7 Å². The fourth-order valence-electron chi connectivity index (χ4n) is 3.36. The number of methoxy groups -OCH3 is 2. The lowest BCUT2D eigenvalue weighted by Crippen LogP contribution is -2.27. The van der Waals surface area contributed by atoms with E-state index in [1.807, 2.05) is 53.9 Å². The molecule has 6 heteroatoms. The molecule has 0 radical (unpaired) electrons. The third-order valence-electron chi connectivity index (χ3n) is 4.74. The van der Waals surface area contributed by atoms with Crippen LogP contribution in [0.25, 0.3) is 0 Å². The van der Waals surface area contributed by atoms with Crippen LogP contribution in [0.3, 0.4) is 0 Å². The molecule has 2 heterocycles. The highest BCUT2D eigenvalue weighted by Crippen LogP contribution is 2.38. The molecule has 0 unspecified atom stereocenters. The standard InChI is InChI=1S/C22H20N2O3S/c1-26-16-8-5-7-15(13-16)22(25)24-19(17-9-3-4-10-20(17)27-2)14-18(23-24)21-11-6-12-28-21/h3-13,19H,14H2,1-2H3/t19-/m1/s1. The van der Waals surface area contributed by atoms with Gasteiger partial charge in [-0.15, -0.1) is 11.3 Å². The first-order valence-corrected chi connectivity index (χ1v) is 9.81. The molecule has 0 saturated carbocycles. The van der Waals surface area contributed by atoms with Crippen molar-refractivity contribution in [1.29, 1.82) is 0 Å². The van der Waals surface area contributed by atoms with Crippen LogP contribution in [0.15, 0.2) is 71.1 Å². The Labute approximate surface area is 167 Å². The van der Waals surface area contributed by atoms with Crippen LogP contribution in [0, 0.1) is 0 Å². The van der Waals surface area contributed by atoms with Crippen LogP contribution in [0.1, 0.15) is 33.3 Å². The summed E-state index contributed by atoms with van der Waals surface area (Å²) in [5, 5.41) is 8.30. The molecule has 2 aromatic carbocycles. The van der Waals surface area contributed by atoms with E-state index in [-0.39, 0.29) is 11.9 Å². The van der Waals surface area contributed by atoms with Gasteiger partial charge in [0.05, 0.1) is 30.9 Å². The van der Waals surface area contributed by atoms with Crippen LogP contribution in [0.2, 0.25) is 0 Å². The van der Waals surface area contributed by atoms with Gasteiger partial charge in [0.1, 0.15) is 11.5 Å². The molecule has 1 aliphatic heterocycles. The van der Waals surface area contributed by atoms with Crippen molar-refractivity contribution >= 4 is 23.0 Å². The first kappa shape index (κ1) is 18.3. The SMILES string of the molecule is COc1cccc(C(=O)N2N=C(c3cccs3)C[C@@H]2c2ccccc2OC)c1. The highest BCUT2D eigenvalue weighted by Gasteiger charge is 2.35. The molecular formula is C22H20N2O3S. The van der Waals surface area contributed by atoms with Crippen molar-refractivity contribution in [2.75, 3.05) is 14.2 Å². The van der Waals surface area contributed by atoms with Crippen molar-refractivity contribution in [1.82, 2.24) is 5.01 Å². The van der Waals surface area contributed by atoms with E-state index in [1.54, 1.807) is 42.7 Å². The third-order valence-corrected chi connectivity index (χ3v) is 5.66. The molecule has 1 aromatic heterocycles. The van der Waals surface area contributed by atoms with Crippen LogP contribution in [0.5, 0.6) is 11.5 Å². The molecular weight excluding hydrogens is 372 g/mol. The smallest absolute Gasteiger partial charge is 0.274 e. The second-order valence-corrected chi connectivity index (χ2v) is 7.32. The van der Waals surface area contributed by atoms with E-state index in [4.69, 9.17) is 14.6 Å². The van der Waals surface area contributed by atoms with Crippen molar-refractivity contribution in [3.63, 3.8) is 0 Å². The van der Waals surface area contributed by atoms with Crippen molar-refractivity contribution in [2.45, 2.75) is 12.5 Å². The highest BCUT2D eigenvalue weighted by atomic mass is 32.1. The number of carbonyl (C=O) groups excluding carboxylic acids is 1. The minimum atomic E-state index is -0.230. The number of para-hydroxylation sites is 1. The first-order chi connectivity index (χ1) is 13.7. The predicted molar refractivity (Wildman–Crippen MR) is 110 cm³/mol. The lowest BCUT2D eigenvalue weighted by atomic mass is 9.99. The van der Waals surface area contributed by atoms with E-state index in [0.717, 1.165) is 21.9 Å². The van der Waals surface area contributed by atoms with Crippen LogP contribution >= 0.6 is 11.3 Å². The Morgan fingerprint density at radius 3 is 2.68 bits per heavy atom. The number of hydrogen-bond donors (Lipinski definition) is 0. The zero-order valence-electron chi connectivity index (χ0n) is 15.7. The molecule has 142 valence electrons. The summed E-state index contributed by atoms with van der Waals surface area (Å²) >= 11 is 1.62. The minimum Gasteiger partial charge on any atom is -0.497 e. The Morgan fingerprint density at radius 1 is 1.07 bits per heavy atom. The van der Waals surface area contributed by atoms with Gasteiger partial charge in [0.25, 0.3) is 5.91 Å². The minimum absolute atomic E-state index is 0.165. The lowest BCUT2D eigenvalue weighted by molar-refractivity contribution is 0.0709. The molecule has 1 aliphatic rings. The number of rotatable bonds is 5. The molecule has 0 fully saturated rings. The number of carbonyl (C=O) groups is 1. The van der Waals surface area contributed by atoms with Gasteiger partial charge in [0, 0.05) is 17.5 Å². The van der Waals surface area contributed by atoms with Crippen molar-refractivity contribution in [3.8, 4) is 11.5 Å². The summed E-state index contributed by atoms with van der Waals surface area (Å²) in [7, 11) is 3.23. The van der Waals surface area contributed by atoms with Gasteiger partial charge in [0.15, 0.2) is 0 Å². The molecule has 4 rings (SSSR count). The molecule has 1 atom stereocenters. The van der Waals surface area contributed by atoms with Crippen molar-refractivity contribution < 1.29 is 14.3 Å². The number of thiophene rings is 1. The quantitative estimate of drug-likeness (QED) is 0.629. The maximum Gasteiger partial charge on any atom is 0.274 e. The third kappa shape index (κ3) is 3.39. The van der Waals surface area contributed by atoms with E-state index in [2.05, 4.69) is 0 Å². The Hall–Kier alpha value is -3.12. The van der Waals surface area contributed by atoms with Crippen LogP contribution in [-0.4, -0.2) is 30.8 Å². The van der Waals surface area contributed by atoms with E-state index < -0.39 is 0 Å². The largest absolute Gasteiger partial charge is 0.497 e. The monoisotopic (exact) mass is 392 g/mol. The number of ether oxygens (including phenoxy) is 2. The van der Waals surface area contributed by atoms with Crippen molar-refractivity contribution in [3.05, 3.63) is 82.0 Å². The normalized spacial score (nSPS) is 16.0. The van der Waals surface area contributed by atoms with Crippen LogP contribution in [0.4, 0.5) is 0 Å². The molecule has 0 spiro atoms. The first-order valence-electron chi connectivity index (χ1n) is 8.93. The lowest BCUT2D eigenvalue weighted by Gasteiger charge is -2.23. The fourth-order valence-corrected chi connectivity index (χ4v) is 4.08. The number of hydrogen-bond acceptors (Lipinski definition) is 5. The Morgan fingerprint density at radius 2 is 1.93 bits per heavy atom. The molecule has 0 N–H and O–H groups in total. The van der Waals surface area contributed by atoms with E-state index >= 15 is 0 Å². The van der Waals surface area contributed by atoms with Crippen molar-refractivity contribution in [2.24, 2.45) is 5.10 Å². The maximum absolute atomic E-state index is 13.3. The van der Waals surface area contributed by atoms with Crippen LogP contribution in [-0.2, 0) is 0 Å². The maximum atomic E-state index is 13.3. The summed E-state index contributed by atoms with van der Waals surface area (Å²) in [6, 6.07) is 18.7. The summed E-state index contributed by atoms with van der Waals surface area (Å²) in [6.07, 6.45) is 0.636. The van der Waals surface area contributed by atoms with Gasteiger partial charge >= 0.3 is 0 Å². The Kier molecular flexibility index (Phi) is 5.12. The molecule has 0 aliphatic carbocycles. The zero-order valence-corrected chi connectivity index (χ0v) is 16.5. The van der Waals surface area contributed by atoms with Gasteiger partial charge in [0.2, 0.25) is 0 Å². The second-order valence-electron chi connectivity index (χ2n) is 6.37. The number of benzene rings is 2. The molecule has 5 nitrogen and oxygen atoms in total. The number of amides is 1. The summed E-state index contributed by atoms with van der Waals surface area (Å²) in [6.45, 7) is 0. The topological polar surface area (TPSA) is 51.1 Å². The average Bonchev–Trinajstić information content (AvgIpc) is 3.43. The van der Waals surface area contributed by atoms with Gasteiger partial charge < -0.3 is 9.47 Å². The molecule has 1 amide bonds. The highest BCUT2D eigenvalue weighted by molar-refractivity contribution is 7.12. The second kappa shape index (κ2) is 7.86. The van der Waals surface area contributed by atoms with E-state index in [1.165, 1.54) is 0 Å². The molecule has 0 bridgehead atoms. The molecule has 28 heavy (non-hydrogen) atoms. The van der Waals surface area contributed by atoms with Gasteiger partial charge in [-0.3, -0.25) is 4.79 Å².